The number of rotatable bonds is 11. The first kappa shape index (κ1) is 28.7. The first-order valence-electron chi connectivity index (χ1n) is 13.1. The Morgan fingerprint density at radius 2 is 1.95 bits per heavy atom. The predicted molar refractivity (Wildman–Crippen MR) is 150 cm³/mol. The van der Waals surface area contributed by atoms with E-state index in [2.05, 4.69) is 17.8 Å². The lowest BCUT2D eigenvalue weighted by Crippen LogP contribution is -2.48. The summed E-state index contributed by atoms with van der Waals surface area (Å²) in [5.74, 6) is 2.60. The van der Waals surface area contributed by atoms with Gasteiger partial charge in [-0.2, -0.15) is 0 Å². The average Bonchev–Trinajstić information content (AvgIpc) is 3.37. The van der Waals surface area contributed by atoms with Crippen molar-refractivity contribution in [2.45, 2.75) is 51.8 Å². The molecule has 38 heavy (non-hydrogen) atoms. The maximum absolute atomic E-state index is 13.3. The van der Waals surface area contributed by atoms with E-state index in [0.29, 0.717) is 31.7 Å². The van der Waals surface area contributed by atoms with Crippen LogP contribution in [0.2, 0.25) is 0 Å². The van der Waals surface area contributed by atoms with Gasteiger partial charge >= 0.3 is 0 Å². The normalized spacial score (nSPS) is 15.6. The van der Waals surface area contributed by atoms with Crippen LogP contribution in [0.3, 0.4) is 0 Å². The SMILES string of the molecule is C#CC(/C=C(\C=C/Cn1cnc(C)c1)/C=C/C(=O)N(CCC)C1CCN(C(=O)c2ccccc2)CC1)OC. The summed E-state index contributed by atoms with van der Waals surface area (Å²) in [6, 6.07) is 9.44. The Labute approximate surface area is 226 Å². The molecule has 2 aromatic rings. The fraction of sp³-hybridized carbons (Fsp3) is 0.387. The zero-order chi connectivity index (χ0) is 27.3. The Morgan fingerprint density at radius 3 is 2.55 bits per heavy atom. The molecule has 200 valence electrons. The highest BCUT2D eigenvalue weighted by atomic mass is 16.5. The smallest absolute Gasteiger partial charge is 0.253 e. The lowest BCUT2D eigenvalue weighted by Gasteiger charge is -2.38. The standard InChI is InChI=1S/C31H38N4O3/c1-5-18-35(28-16-20-34(21-17-28)31(37)27-12-8-7-9-13-27)30(36)15-14-26(22-29(6-2)38-4)11-10-19-33-23-25(3)32-24-33/h2,7-15,22-24,28-29H,5,16-21H2,1,3-4H3/b11-10-,15-14+,26-22+. The highest BCUT2D eigenvalue weighted by molar-refractivity contribution is 5.94. The van der Waals surface area contributed by atoms with E-state index >= 15 is 0 Å². The van der Waals surface area contributed by atoms with Crippen molar-refractivity contribution in [2.75, 3.05) is 26.7 Å². The van der Waals surface area contributed by atoms with Gasteiger partial charge in [0.15, 0.2) is 0 Å². The second-order valence-corrected chi connectivity index (χ2v) is 9.36. The van der Waals surface area contributed by atoms with Crippen LogP contribution in [-0.4, -0.2) is 70.1 Å². The van der Waals surface area contributed by atoms with Gasteiger partial charge in [-0.25, -0.2) is 4.98 Å². The van der Waals surface area contributed by atoms with Crippen molar-refractivity contribution in [1.82, 2.24) is 19.4 Å². The van der Waals surface area contributed by atoms with E-state index in [1.54, 1.807) is 25.6 Å². The largest absolute Gasteiger partial charge is 0.365 e. The van der Waals surface area contributed by atoms with Gasteiger partial charge in [0.1, 0.15) is 6.10 Å². The number of aryl methyl sites for hydroxylation is 1. The van der Waals surface area contributed by atoms with E-state index in [-0.39, 0.29) is 17.9 Å². The predicted octanol–water partition coefficient (Wildman–Crippen LogP) is 4.42. The second kappa shape index (κ2) is 14.7. The second-order valence-electron chi connectivity index (χ2n) is 9.36. The Kier molecular flexibility index (Phi) is 11.1. The Hall–Kier alpha value is -3.89. The number of aromatic nitrogens is 2. The molecule has 0 bridgehead atoms. The maximum Gasteiger partial charge on any atom is 0.253 e. The molecule has 1 aliphatic rings. The molecular formula is C31H38N4O3. The third kappa shape index (κ3) is 8.32. The average molecular weight is 515 g/mol. The monoisotopic (exact) mass is 514 g/mol. The number of likely N-dealkylation sites (tertiary alicyclic amines) is 1. The fourth-order valence-electron chi connectivity index (χ4n) is 4.53. The van der Waals surface area contributed by atoms with Crippen LogP contribution in [-0.2, 0) is 16.1 Å². The third-order valence-electron chi connectivity index (χ3n) is 6.53. The molecule has 2 heterocycles. The molecule has 0 N–H and O–H groups in total. The summed E-state index contributed by atoms with van der Waals surface area (Å²) >= 11 is 0. The van der Waals surface area contributed by atoms with Gasteiger partial charge in [0.05, 0.1) is 12.0 Å². The molecule has 3 rings (SSSR count). The Morgan fingerprint density at radius 1 is 1.21 bits per heavy atom. The maximum atomic E-state index is 13.3. The summed E-state index contributed by atoms with van der Waals surface area (Å²) in [6.07, 6.45) is 20.3. The molecule has 7 nitrogen and oxygen atoms in total. The first-order valence-corrected chi connectivity index (χ1v) is 13.1. The zero-order valence-corrected chi connectivity index (χ0v) is 22.6. The number of imidazole rings is 1. The summed E-state index contributed by atoms with van der Waals surface area (Å²) in [7, 11) is 1.56. The van der Waals surface area contributed by atoms with E-state index in [0.717, 1.165) is 30.5 Å². The van der Waals surface area contributed by atoms with Crippen LogP contribution in [0.15, 0.2) is 78.8 Å². The number of carbonyl (C=O) groups is 2. The number of piperidine rings is 1. The number of ether oxygens (including phenoxy) is 1. The molecule has 0 spiro atoms. The molecule has 0 aliphatic carbocycles. The minimum atomic E-state index is -0.497. The highest BCUT2D eigenvalue weighted by Gasteiger charge is 2.28. The van der Waals surface area contributed by atoms with E-state index in [1.165, 1.54) is 0 Å². The summed E-state index contributed by atoms with van der Waals surface area (Å²) in [5, 5.41) is 0. The van der Waals surface area contributed by atoms with Crippen molar-refractivity contribution >= 4 is 11.8 Å². The lowest BCUT2D eigenvalue weighted by atomic mass is 10.0. The molecule has 0 radical (unpaired) electrons. The van der Waals surface area contributed by atoms with Gasteiger partial charge in [0, 0.05) is 57.2 Å². The zero-order valence-electron chi connectivity index (χ0n) is 22.6. The lowest BCUT2D eigenvalue weighted by molar-refractivity contribution is -0.129. The molecule has 1 aromatic carbocycles. The topological polar surface area (TPSA) is 67.7 Å². The molecule has 1 aromatic heterocycles. The van der Waals surface area contributed by atoms with Crippen molar-refractivity contribution in [2.24, 2.45) is 0 Å². The van der Waals surface area contributed by atoms with Crippen LogP contribution < -0.4 is 0 Å². The van der Waals surface area contributed by atoms with E-state index < -0.39 is 6.10 Å². The molecule has 1 unspecified atom stereocenters. The molecule has 1 aliphatic heterocycles. The van der Waals surface area contributed by atoms with Gasteiger partial charge in [-0.3, -0.25) is 9.59 Å². The van der Waals surface area contributed by atoms with Gasteiger partial charge in [0.2, 0.25) is 5.91 Å². The van der Waals surface area contributed by atoms with Crippen LogP contribution in [0.5, 0.6) is 0 Å². The van der Waals surface area contributed by atoms with Crippen LogP contribution in [0.1, 0.15) is 42.2 Å². The number of benzene rings is 1. The Bertz CT molecular complexity index is 1180. The van der Waals surface area contributed by atoms with Crippen LogP contribution in [0.4, 0.5) is 0 Å². The van der Waals surface area contributed by atoms with Crippen molar-refractivity contribution in [1.29, 1.82) is 0 Å². The van der Waals surface area contributed by atoms with Crippen molar-refractivity contribution < 1.29 is 14.3 Å². The Balaban J connectivity index is 1.66. The van der Waals surface area contributed by atoms with E-state index in [4.69, 9.17) is 11.2 Å². The van der Waals surface area contributed by atoms with E-state index in [1.807, 2.05) is 76.0 Å². The van der Waals surface area contributed by atoms with Gasteiger partial charge in [-0.1, -0.05) is 43.2 Å². The summed E-state index contributed by atoms with van der Waals surface area (Å²) in [4.78, 5) is 34.2. The van der Waals surface area contributed by atoms with Crippen LogP contribution in [0, 0.1) is 19.3 Å². The highest BCUT2D eigenvalue weighted by Crippen LogP contribution is 2.20. The molecular weight excluding hydrogens is 476 g/mol. The van der Waals surface area contributed by atoms with Gasteiger partial charge in [-0.15, -0.1) is 6.42 Å². The summed E-state index contributed by atoms with van der Waals surface area (Å²) in [6.45, 7) is 6.60. The van der Waals surface area contributed by atoms with Gasteiger partial charge in [0.25, 0.3) is 5.91 Å². The summed E-state index contributed by atoms with van der Waals surface area (Å²) in [5.41, 5.74) is 2.45. The number of terminal acetylenes is 1. The molecule has 1 atom stereocenters. The third-order valence-corrected chi connectivity index (χ3v) is 6.53. The van der Waals surface area contributed by atoms with Gasteiger partial charge in [-0.05, 0) is 56.0 Å². The number of allylic oxidation sites excluding steroid dienone is 4. The number of carbonyl (C=O) groups excluding carboxylic acids is 2. The fourth-order valence-corrected chi connectivity index (χ4v) is 4.53. The number of nitrogens with zero attached hydrogens (tertiary/aromatic N) is 4. The first-order chi connectivity index (χ1) is 18.4. The van der Waals surface area contributed by atoms with Crippen molar-refractivity contribution in [3.05, 3.63) is 90.1 Å². The van der Waals surface area contributed by atoms with E-state index in [9.17, 15) is 9.59 Å². The molecule has 0 saturated carbocycles. The number of amides is 2. The van der Waals surface area contributed by atoms with Crippen molar-refractivity contribution in [3.63, 3.8) is 0 Å². The van der Waals surface area contributed by atoms with Crippen LogP contribution >= 0.6 is 0 Å². The quantitative estimate of drug-likeness (QED) is 0.253. The summed E-state index contributed by atoms with van der Waals surface area (Å²) < 4.78 is 7.30. The number of hydrogen-bond donors (Lipinski definition) is 0. The van der Waals surface area contributed by atoms with Crippen LogP contribution in [0.25, 0.3) is 0 Å². The number of hydrogen-bond acceptors (Lipinski definition) is 4. The minimum Gasteiger partial charge on any atom is -0.365 e. The number of methoxy groups -OCH3 is 1. The molecule has 2 amide bonds. The molecule has 1 fully saturated rings. The molecule has 7 heteroatoms. The van der Waals surface area contributed by atoms with Gasteiger partial charge < -0.3 is 19.1 Å². The van der Waals surface area contributed by atoms with Crippen molar-refractivity contribution in [3.8, 4) is 12.3 Å². The molecule has 1 saturated heterocycles. The minimum absolute atomic E-state index is 0.0427.